The van der Waals surface area contributed by atoms with Gasteiger partial charge in [0.25, 0.3) is 0 Å². The lowest BCUT2D eigenvalue weighted by Crippen LogP contribution is -2.40. The number of nitrogens with two attached hydrogens (primary N) is 1. The van der Waals surface area contributed by atoms with Crippen molar-refractivity contribution in [1.29, 1.82) is 0 Å². The Balaban J connectivity index is 2.53. The number of thiophene rings is 1. The van der Waals surface area contributed by atoms with Crippen molar-refractivity contribution in [1.82, 2.24) is 4.90 Å². The largest absolute Gasteiger partial charge is 0.345 e. The maximum atomic E-state index is 12.0. The number of likely N-dealkylation sites (N-methyl/N-ethyl adjacent to an activating group) is 1. The average Bonchev–Trinajstić information content (AvgIpc) is 2.63. The zero-order valence-electron chi connectivity index (χ0n) is 10.5. The fourth-order valence-electron chi connectivity index (χ4n) is 1.53. The summed E-state index contributed by atoms with van der Waals surface area (Å²) in [5.41, 5.74) is 5.64. The van der Waals surface area contributed by atoms with Crippen molar-refractivity contribution >= 4 is 33.2 Å². The van der Waals surface area contributed by atoms with Gasteiger partial charge in [-0.1, -0.05) is 13.8 Å². The second-order valence-electron chi connectivity index (χ2n) is 5.00. The van der Waals surface area contributed by atoms with Crippen LogP contribution in [-0.4, -0.2) is 30.9 Å². The lowest BCUT2D eigenvalue weighted by molar-refractivity contribution is -0.130. The maximum absolute atomic E-state index is 12.0. The highest BCUT2D eigenvalue weighted by Gasteiger charge is 2.21. The van der Waals surface area contributed by atoms with Crippen molar-refractivity contribution in [3.8, 4) is 0 Å². The third-order valence-electron chi connectivity index (χ3n) is 2.60. The van der Waals surface area contributed by atoms with Crippen LogP contribution >= 0.6 is 27.3 Å². The molecule has 0 aromatic carbocycles. The van der Waals surface area contributed by atoms with Crippen LogP contribution < -0.4 is 5.73 Å². The molecule has 0 saturated heterocycles. The first-order chi connectivity index (χ1) is 7.84. The minimum atomic E-state index is -0.0273. The standard InChI is InChI=1S/C12H19BrN2OS/c1-12(2,7-14)8-15(3)11(16)6-9-4-5-10(13)17-9/h4-5H,6-8,14H2,1-3H3. The van der Waals surface area contributed by atoms with Gasteiger partial charge >= 0.3 is 0 Å². The van der Waals surface area contributed by atoms with Gasteiger partial charge < -0.3 is 10.6 Å². The van der Waals surface area contributed by atoms with Crippen molar-refractivity contribution in [2.24, 2.45) is 11.1 Å². The smallest absolute Gasteiger partial charge is 0.227 e. The molecule has 0 aliphatic heterocycles. The molecule has 0 radical (unpaired) electrons. The van der Waals surface area contributed by atoms with Crippen molar-refractivity contribution in [3.63, 3.8) is 0 Å². The molecule has 0 aliphatic carbocycles. The molecule has 0 saturated carbocycles. The van der Waals surface area contributed by atoms with Gasteiger partial charge in [-0.3, -0.25) is 4.79 Å². The summed E-state index contributed by atoms with van der Waals surface area (Å²) in [7, 11) is 1.84. The summed E-state index contributed by atoms with van der Waals surface area (Å²) in [4.78, 5) is 14.8. The van der Waals surface area contributed by atoms with E-state index in [1.54, 1.807) is 16.2 Å². The molecule has 1 aromatic heterocycles. The van der Waals surface area contributed by atoms with Gasteiger partial charge in [-0.25, -0.2) is 0 Å². The van der Waals surface area contributed by atoms with Crippen LogP contribution in [0.1, 0.15) is 18.7 Å². The van der Waals surface area contributed by atoms with E-state index in [1.165, 1.54) is 0 Å². The Bertz CT molecular complexity index is 390. The third-order valence-corrected chi connectivity index (χ3v) is 4.22. The summed E-state index contributed by atoms with van der Waals surface area (Å²) < 4.78 is 1.06. The monoisotopic (exact) mass is 318 g/mol. The number of carbonyl (C=O) groups excluding carboxylic acids is 1. The van der Waals surface area contributed by atoms with Crippen LogP contribution in [0, 0.1) is 5.41 Å². The molecule has 1 rings (SSSR count). The summed E-state index contributed by atoms with van der Waals surface area (Å²) in [6.45, 7) is 5.40. The Morgan fingerprint density at radius 2 is 2.18 bits per heavy atom. The Hall–Kier alpha value is -0.390. The first kappa shape index (κ1) is 14.7. The topological polar surface area (TPSA) is 46.3 Å². The van der Waals surface area contributed by atoms with E-state index in [0.29, 0.717) is 19.5 Å². The molecule has 0 aliphatic rings. The number of carbonyl (C=O) groups is 1. The summed E-state index contributed by atoms with van der Waals surface area (Å²) in [5.74, 6) is 0.140. The Labute approximate surface area is 115 Å². The number of nitrogens with zero attached hydrogens (tertiary/aromatic N) is 1. The van der Waals surface area contributed by atoms with Crippen LogP contribution in [0.15, 0.2) is 15.9 Å². The molecule has 1 heterocycles. The minimum Gasteiger partial charge on any atom is -0.345 e. The van der Waals surface area contributed by atoms with Gasteiger partial charge in [0, 0.05) is 18.5 Å². The maximum Gasteiger partial charge on any atom is 0.227 e. The van der Waals surface area contributed by atoms with Crippen LogP contribution in [-0.2, 0) is 11.2 Å². The van der Waals surface area contributed by atoms with Crippen LogP contribution in [0.2, 0.25) is 0 Å². The first-order valence-corrected chi connectivity index (χ1v) is 7.13. The lowest BCUT2D eigenvalue weighted by atomic mass is 9.93. The van der Waals surface area contributed by atoms with E-state index in [1.807, 2.05) is 19.2 Å². The van der Waals surface area contributed by atoms with Gasteiger partial charge in [0.15, 0.2) is 0 Å². The Morgan fingerprint density at radius 3 is 2.65 bits per heavy atom. The molecule has 0 atom stereocenters. The van der Waals surface area contributed by atoms with Crippen LogP contribution in [0.3, 0.4) is 0 Å². The van der Waals surface area contributed by atoms with E-state index >= 15 is 0 Å². The first-order valence-electron chi connectivity index (χ1n) is 5.52. The van der Waals surface area contributed by atoms with Gasteiger partial charge in [0.2, 0.25) is 5.91 Å². The molecule has 2 N–H and O–H groups in total. The molecule has 0 bridgehead atoms. The highest BCUT2D eigenvalue weighted by Crippen LogP contribution is 2.23. The molecule has 1 amide bonds. The minimum absolute atomic E-state index is 0.0273. The van der Waals surface area contributed by atoms with Gasteiger partial charge in [-0.2, -0.15) is 0 Å². The molecular weight excluding hydrogens is 300 g/mol. The van der Waals surface area contributed by atoms with Crippen molar-refractivity contribution in [2.45, 2.75) is 20.3 Å². The van der Waals surface area contributed by atoms with E-state index in [0.717, 1.165) is 8.66 Å². The average molecular weight is 319 g/mol. The molecule has 0 fully saturated rings. The third kappa shape index (κ3) is 4.77. The number of amides is 1. The second-order valence-corrected chi connectivity index (χ2v) is 7.55. The van der Waals surface area contributed by atoms with Gasteiger partial charge in [0.05, 0.1) is 10.2 Å². The SMILES string of the molecule is CN(CC(C)(C)CN)C(=O)Cc1ccc(Br)s1. The van der Waals surface area contributed by atoms with Crippen molar-refractivity contribution in [2.75, 3.05) is 20.1 Å². The molecule has 0 unspecified atom stereocenters. The zero-order valence-corrected chi connectivity index (χ0v) is 12.9. The van der Waals surface area contributed by atoms with Crippen LogP contribution in [0.4, 0.5) is 0 Å². The number of rotatable bonds is 5. The highest BCUT2D eigenvalue weighted by molar-refractivity contribution is 9.11. The molecule has 0 spiro atoms. The van der Waals surface area contributed by atoms with Gasteiger partial charge in [-0.15, -0.1) is 11.3 Å². The summed E-state index contributed by atoms with van der Waals surface area (Å²) in [6.07, 6.45) is 0.466. The molecule has 1 aromatic rings. The number of halogens is 1. The second kappa shape index (κ2) is 5.98. The predicted octanol–water partition coefficient (Wildman–Crippen LogP) is 2.50. The number of hydrogen-bond acceptors (Lipinski definition) is 3. The fraction of sp³-hybridized carbons (Fsp3) is 0.583. The molecule has 17 heavy (non-hydrogen) atoms. The Kier molecular flexibility index (Phi) is 5.16. The van der Waals surface area contributed by atoms with E-state index in [2.05, 4.69) is 29.8 Å². The zero-order chi connectivity index (χ0) is 13.1. The Morgan fingerprint density at radius 1 is 1.53 bits per heavy atom. The van der Waals surface area contributed by atoms with E-state index in [9.17, 15) is 4.79 Å². The normalized spacial score (nSPS) is 11.6. The molecular formula is C12H19BrN2OS. The summed E-state index contributed by atoms with van der Waals surface area (Å²) in [5, 5.41) is 0. The van der Waals surface area contributed by atoms with Crippen LogP contribution in [0.5, 0.6) is 0 Å². The molecule has 96 valence electrons. The quantitative estimate of drug-likeness (QED) is 0.906. The summed E-state index contributed by atoms with van der Waals surface area (Å²) >= 11 is 5.00. The van der Waals surface area contributed by atoms with Crippen molar-refractivity contribution < 1.29 is 4.79 Å². The van der Waals surface area contributed by atoms with Gasteiger partial charge in [0.1, 0.15) is 0 Å². The van der Waals surface area contributed by atoms with Gasteiger partial charge in [-0.05, 0) is 40.0 Å². The van der Waals surface area contributed by atoms with E-state index < -0.39 is 0 Å². The highest BCUT2D eigenvalue weighted by atomic mass is 79.9. The van der Waals surface area contributed by atoms with Crippen molar-refractivity contribution in [3.05, 3.63) is 20.8 Å². The van der Waals surface area contributed by atoms with E-state index in [4.69, 9.17) is 5.73 Å². The van der Waals surface area contributed by atoms with E-state index in [-0.39, 0.29) is 11.3 Å². The fourth-order valence-corrected chi connectivity index (χ4v) is 3.00. The van der Waals surface area contributed by atoms with Crippen LogP contribution in [0.25, 0.3) is 0 Å². The summed E-state index contributed by atoms with van der Waals surface area (Å²) in [6, 6.07) is 3.95. The predicted molar refractivity (Wildman–Crippen MR) is 76.2 cm³/mol. The molecule has 3 nitrogen and oxygen atoms in total. The lowest BCUT2D eigenvalue weighted by Gasteiger charge is -2.29. The molecule has 5 heteroatoms. The number of hydrogen-bond donors (Lipinski definition) is 1.